The van der Waals surface area contributed by atoms with Crippen molar-refractivity contribution in [3.8, 4) is 11.5 Å². The van der Waals surface area contributed by atoms with E-state index in [-0.39, 0.29) is 30.3 Å². The van der Waals surface area contributed by atoms with Crippen molar-refractivity contribution >= 4 is 27.5 Å². The molecule has 178 valence electrons. The molecule has 1 amide bonds. The molecule has 2 aromatic rings. The van der Waals surface area contributed by atoms with Crippen LogP contribution in [0.3, 0.4) is 0 Å². The Bertz CT molecular complexity index is 1090. The number of halogens is 1. The molecular formula is C22H25ClN2O7S. The molecule has 4 rings (SSSR count). The first-order chi connectivity index (χ1) is 15.9. The van der Waals surface area contributed by atoms with Crippen molar-refractivity contribution in [1.29, 1.82) is 0 Å². The smallest absolute Gasteiger partial charge is 0.251 e. The monoisotopic (exact) mass is 496 g/mol. The highest BCUT2D eigenvalue weighted by atomic mass is 35.5. The molecule has 0 saturated carbocycles. The van der Waals surface area contributed by atoms with Crippen LogP contribution in [-0.4, -0.2) is 57.6 Å². The Kier molecular flexibility index (Phi) is 7.40. The fraction of sp³-hybridized carbons (Fsp3) is 0.409. The van der Waals surface area contributed by atoms with Crippen molar-refractivity contribution in [2.75, 3.05) is 19.9 Å². The van der Waals surface area contributed by atoms with Gasteiger partial charge in [0, 0.05) is 17.1 Å². The van der Waals surface area contributed by atoms with E-state index in [9.17, 15) is 18.3 Å². The number of amides is 1. The van der Waals surface area contributed by atoms with Gasteiger partial charge in [-0.15, -0.1) is 0 Å². The summed E-state index contributed by atoms with van der Waals surface area (Å²) in [6, 6.07) is 10.3. The summed E-state index contributed by atoms with van der Waals surface area (Å²) in [5.74, 6) is 0.908. The molecule has 2 heterocycles. The second-order valence-electron chi connectivity index (χ2n) is 7.85. The van der Waals surface area contributed by atoms with Gasteiger partial charge in [0.15, 0.2) is 11.5 Å². The van der Waals surface area contributed by atoms with Crippen molar-refractivity contribution < 1.29 is 32.5 Å². The molecule has 2 aromatic carbocycles. The number of rotatable bonds is 8. The number of benzene rings is 2. The number of ether oxygens (including phenoxy) is 3. The van der Waals surface area contributed by atoms with E-state index < -0.39 is 22.2 Å². The minimum absolute atomic E-state index is 0.0944. The molecule has 0 aromatic heterocycles. The van der Waals surface area contributed by atoms with E-state index in [2.05, 4.69) is 10.0 Å². The molecule has 0 spiro atoms. The summed E-state index contributed by atoms with van der Waals surface area (Å²) >= 11 is 5.83. The third kappa shape index (κ3) is 5.77. The van der Waals surface area contributed by atoms with Gasteiger partial charge in [0.25, 0.3) is 5.91 Å². The van der Waals surface area contributed by atoms with Crippen LogP contribution in [0, 0.1) is 0 Å². The van der Waals surface area contributed by atoms with Crippen LogP contribution in [0.25, 0.3) is 0 Å². The Morgan fingerprint density at radius 2 is 1.85 bits per heavy atom. The Morgan fingerprint density at radius 3 is 2.61 bits per heavy atom. The fourth-order valence-corrected chi connectivity index (χ4v) is 5.27. The van der Waals surface area contributed by atoms with Crippen molar-refractivity contribution in [2.24, 2.45) is 0 Å². The maximum atomic E-state index is 12.7. The first-order valence-corrected chi connectivity index (χ1v) is 12.4. The average Bonchev–Trinajstić information content (AvgIpc) is 3.28. The van der Waals surface area contributed by atoms with E-state index in [0.717, 1.165) is 0 Å². The number of aliphatic hydroxyl groups is 1. The van der Waals surface area contributed by atoms with Gasteiger partial charge in [-0.2, -0.15) is 0 Å². The van der Waals surface area contributed by atoms with Crippen LogP contribution < -0.4 is 19.5 Å². The van der Waals surface area contributed by atoms with Gasteiger partial charge in [-0.1, -0.05) is 11.6 Å². The summed E-state index contributed by atoms with van der Waals surface area (Å²) in [5.41, 5.74) is 0.466. The minimum atomic E-state index is -3.78. The van der Waals surface area contributed by atoms with E-state index in [0.29, 0.717) is 47.9 Å². The Balaban J connectivity index is 1.27. The van der Waals surface area contributed by atoms with Crippen LogP contribution in [0.15, 0.2) is 47.4 Å². The number of carbonyl (C=O) groups excluding carboxylic acids is 1. The normalized spacial score (nSPS) is 22.2. The second-order valence-corrected chi connectivity index (χ2v) is 10.0. The van der Waals surface area contributed by atoms with Gasteiger partial charge in [0.2, 0.25) is 16.8 Å². The lowest BCUT2D eigenvalue weighted by molar-refractivity contribution is -0.0871. The van der Waals surface area contributed by atoms with E-state index in [1.807, 2.05) is 0 Å². The Labute approximate surface area is 197 Å². The molecule has 0 bridgehead atoms. The lowest BCUT2D eigenvalue weighted by Gasteiger charge is -2.36. The van der Waals surface area contributed by atoms with Gasteiger partial charge >= 0.3 is 0 Å². The number of hydrogen-bond donors (Lipinski definition) is 3. The first kappa shape index (κ1) is 23.8. The van der Waals surface area contributed by atoms with Crippen LogP contribution >= 0.6 is 11.6 Å². The number of sulfonamides is 1. The molecule has 1 fully saturated rings. The maximum Gasteiger partial charge on any atom is 0.251 e. The van der Waals surface area contributed by atoms with Crippen LogP contribution in [0.5, 0.6) is 11.5 Å². The number of aliphatic hydroxyl groups excluding tert-OH is 1. The second kappa shape index (κ2) is 10.3. The zero-order valence-electron chi connectivity index (χ0n) is 17.7. The lowest BCUT2D eigenvalue weighted by Crippen LogP contribution is -2.51. The molecule has 0 aliphatic carbocycles. The van der Waals surface area contributed by atoms with Gasteiger partial charge < -0.3 is 24.6 Å². The van der Waals surface area contributed by atoms with Crippen LogP contribution in [-0.2, 0) is 14.8 Å². The third-order valence-electron chi connectivity index (χ3n) is 5.61. The van der Waals surface area contributed by atoms with E-state index in [1.54, 1.807) is 18.2 Å². The van der Waals surface area contributed by atoms with E-state index in [1.165, 1.54) is 24.3 Å². The summed E-state index contributed by atoms with van der Waals surface area (Å²) in [6.45, 7) is 0.188. The standard InChI is InChI=1S/C22H25ClN2O7S/c23-15-2-5-17(6-3-15)33(28,29)25-18-7-4-16(32-21(18)12-26)9-10-24-22(27)14-1-8-19-20(11-14)31-13-30-19/h1-3,5-6,8,11,16,18,21,25-26H,4,7,9-10,12-13H2,(H,24,27)/t16-,18+,21+/m0/s1. The van der Waals surface area contributed by atoms with Gasteiger partial charge in [-0.3, -0.25) is 4.79 Å². The van der Waals surface area contributed by atoms with Gasteiger partial charge in [0.1, 0.15) is 0 Å². The quantitative estimate of drug-likeness (QED) is 0.511. The molecule has 3 N–H and O–H groups in total. The van der Waals surface area contributed by atoms with Gasteiger partial charge in [0.05, 0.1) is 29.8 Å². The largest absolute Gasteiger partial charge is 0.454 e. The Morgan fingerprint density at radius 1 is 1.09 bits per heavy atom. The highest BCUT2D eigenvalue weighted by Crippen LogP contribution is 2.32. The fourth-order valence-electron chi connectivity index (χ4n) is 3.85. The number of hydrogen-bond acceptors (Lipinski definition) is 7. The summed E-state index contributed by atoms with van der Waals surface area (Å²) < 4.78 is 44.4. The summed E-state index contributed by atoms with van der Waals surface area (Å²) in [5, 5.41) is 13.0. The van der Waals surface area contributed by atoms with Crippen molar-refractivity contribution in [2.45, 2.75) is 42.4 Å². The molecular weight excluding hydrogens is 472 g/mol. The Hall–Kier alpha value is -2.37. The van der Waals surface area contributed by atoms with Crippen LogP contribution in [0.4, 0.5) is 0 Å². The maximum absolute atomic E-state index is 12.7. The SMILES string of the molecule is O=C(NCC[C@@H]1CC[C@@H](NS(=O)(=O)c2ccc(Cl)cc2)[C@@H](CO)O1)c1ccc2c(c1)OCO2. The predicted octanol–water partition coefficient (Wildman–Crippen LogP) is 2.08. The van der Waals surface area contributed by atoms with Crippen molar-refractivity contribution in [3.63, 3.8) is 0 Å². The predicted molar refractivity (Wildman–Crippen MR) is 120 cm³/mol. The lowest BCUT2D eigenvalue weighted by atomic mass is 9.98. The van der Waals surface area contributed by atoms with Crippen molar-refractivity contribution in [1.82, 2.24) is 10.0 Å². The highest BCUT2D eigenvalue weighted by molar-refractivity contribution is 7.89. The van der Waals surface area contributed by atoms with E-state index in [4.69, 9.17) is 25.8 Å². The molecule has 1 saturated heterocycles. The zero-order chi connectivity index (χ0) is 23.4. The number of carbonyl (C=O) groups is 1. The third-order valence-corrected chi connectivity index (χ3v) is 7.37. The number of nitrogens with one attached hydrogen (secondary N) is 2. The highest BCUT2D eigenvalue weighted by Gasteiger charge is 2.34. The van der Waals surface area contributed by atoms with Crippen molar-refractivity contribution in [3.05, 3.63) is 53.1 Å². The first-order valence-electron chi connectivity index (χ1n) is 10.6. The van der Waals surface area contributed by atoms with Gasteiger partial charge in [-0.05, 0) is 61.7 Å². The van der Waals surface area contributed by atoms with Gasteiger partial charge in [-0.25, -0.2) is 13.1 Å². The number of fused-ring (bicyclic) bond motifs is 1. The molecule has 33 heavy (non-hydrogen) atoms. The average molecular weight is 497 g/mol. The topological polar surface area (TPSA) is 123 Å². The molecule has 11 heteroatoms. The zero-order valence-corrected chi connectivity index (χ0v) is 19.3. The summed E-state index contributed by atoms with van der Waals surface area (Å²) in [6.07, 6.45) is 0.720. The summed E-state index contributed by atoms with van der Waals surface area (Å²) in [7, 11) is -3.78. The van der Waals surface area contributed by atoms with Crippen LogP contribution in [0.2, 0.25) is 5.02 Å². The minimum Gasteiger partial charge on any atom is -0.454 e. The van der Waals surface area contributed by atoms with E-state index >= 15 is 0 Å². The molecule has 3 atom stereocenters. The molecule has 0 unspecified atom stereocenters. The molecule has 0 radical (unpaired) electrons. The molecule has 9 nitrogen and oxygen atoms in total. The summed E-state index contributed by atoms with van der Waals surface area (Å²) in [4.78, 5) is 12.5. The molecule has 2 aliphatic heterocycles. The molecule has 2 aliphatic rings. The van der Waals surface area contributed by atoms with Crippen LogP contribution in [0.1, 0.15) is 29.6 Å².